The van der Waals surface area contributed by atoms with Gasteiger partial charge in [-0.25, -0.2) is 8.42 Å². The Morgan fingerprint density at radius 2 is 1.33 bits per heavy atom. The lowest BCUT2D eigenvalue weighted by Crippen LogP contribution is -2.53. The third-order valence-corrected chi connectivity index (χ3v) is 9.19. The van der Waals surface area contributed by atoms with Crippen molar-refractivity contribution in [3.8, 4) is 11.5 Å². The normalized spacial score (nSPS) is 11.8. The van der Waals surface area contributed by atoms with Crippen molar-refractivity contribution in [1.29, 1.82) is 0 Å². The summed E-state index contributed by atoms with van der Waals surface area (Å²) in [7, 11) is -1.40. The number of rotatable bonds is 15. The van der Waals surface area contributed by atoms with Gasteiger partial charge in [0, 0.05) is 25.6 Å². The molecule has 0 fully saturated rings. The second-order valence-corrected chi connectivity index (χ2v) is 13.1. The number of benzene rings is 4. The lowest BCUT2D eigenvalue weighted by atomic mass is 10.0. The van der Waals surface area contributed by atoms with Crippen molar-refractivity contribution in [3.63, 3.8) is 0 Å². The first kappa shape index (κ1) is 34.1. The zero-order valence-electron chi connectivity index (χ0n) is 26.6. The number of nitrogens with one attached hydrogen (secondary N) is 1. The van der Waals surface area contributed by atoms with Crippen LogP contribution in [0, 0.1) is 5.92 Å². The minimum Gasteiger partial charge on any atom is -0.493 e. The summed E-state index contributed by atoms with van der Waals surface area (Å²) in [5.41, 5.74) is 1.98. The predicted molar refractivity (Wildman–Crippen MR) is 179 cm³/mol. The highest BCUT2D eigenvalue weighted by Crippen LogP contribution is 2.32. The van der Waals surface area contributed by atoms with Gasteiger partial charge in [0.2, 0.25) is 11.8 Å². The maximum atomic E-state index is 14.5. The number of hydrogen-bond acceptors (Lipinski definition) is 6. The molecule has 0 aliphatic carbocycles. The molecule has 0 bridgehead atoms. The molecular weight excluding hydrogens is 602 g/mol. The van der Waals surface area contributed by atoms with E-state index in [0.29, 0.717) is 18.0 Å². The third kappa shape index (κ3) is 8.66. The number of anilines is 1. The van der Waals surface area contributed by atoms with Gasteiger partial charge in [0.25, 0.3) is 10.0 Å². The second kappa shape index (κ2) is 15.9. The molecule has 0 unspecified atom stereocenters. The Balaban J connectivity index is 1.79. The van der Waals surface area contributed by atoms with Crippen molar-refractivity contribution in [3.05, 3.63) is 120 Å². The molecule has 1 atom stereocenters. The number of nitrogens with zero attached hydrogens (tertiary/aromatic N) is 2. The van der Waals surface area contributed by atoms with Gasteiger partial charge >= 0.3 is 0 Å². The average Bonchev–Trinajstić information content (AvgIpc) is 3.08. The summed E-state index contributed by atoms with van der Waals surface area (Å²) < 4.78 is 40.3. The van der Waals surface area contributed by atoms with Crippen LogP contribution in [0.25, 0.3) is 0 Å². The Morgan fingerprint density at radius 1 is 0.761 bits per heavy atom. The van der Waals surface area contributed by atoms with Crippen LogP contribution in [0.2, 0.25) is 0 Å². The maximum Gasteiger partial charge on any atom is 0.264 e. The van der Waals surface area contributed by atoms with E-state index in [2.05, 4.69) is 5.32 Å². The van der Waals surface area contributed by atoms with Crippen molar-refractivity contribution >= 4 is 27.5 Å². The summed E-state index contributed by atoms with van der Waals surface area (Å²) in [6.07, 6.45) is 0.247. The summed E-state index contributed by atoms with van der Waals surface area (Å²) in [6, 6.07) is 30.6. The van der Waals surface area contributed by atoms with E-state index in [1.54, 1.807) is 30.3 Å². The van der Waals surface area contributed by atoms with Crippen LogP contribution in [-0.2, 0) is 32.6 Å². The number of carbonyl (C=O) groups excluding carboxylic acids is 2. The highest BCUT2D eigenvalue weighted by Gasteiger charge is 2.35. The topological polar surface area (TPSA) is 105 Å². The van der Waals surface area contributed by atoms with E-state index < -0.39 is 28.5 Å². The molecule has 9 nitrogen and oxygen atoms in total. The van der Waals surface area contributed by atoms with Gasteiger partial charge in [-0.05, 0) is 41.3 Å². The molecule has 1 N–H and O–H groups in total. The molecule has 242 valence electrons. The van der Waals surface area contributed by atoms with E-state index in [0.717, 1.165) is 15.4 Å². The Kier molecular flexibility index (Phi) is 11.8. The Hall–Kier alpha value is -4.83. The number of para-hydroxylation sites is 1. The number of sulfonamides is 1. The quantitative estimate of drug-likeness (QED) is 0.188. The van der Waals surface area contributed by atoms with Gasteiger partial charge in [-0.2, -0.15) is 0 Å². The van der Waals surface area contributed by atoms with Crippen molar-refractivity contribution in [1.82, 2.24) is 10.2 Å². The van der Waals surface area contributed by atoms with E-state index in [1.807, 2.05) is 74.5 Å². The van der Waals surface area contributed by atoms with Crippen molar-refractivity contribution in [2.75, 3.05) is 31.6 Å². The zero-order chi connectivity index (χ0) is 33.1. The van der Waals surface area contributed by atoms with Gasteiger partial charge < -0.3 is 19.7 Å². The van der Waals surface area contributed by atoms with Crippen LogP contribution in [0.1, 0.15) is 25.0 Å². The average molecular weight is 644 g/mol. The molecule has 4 rings (SSSR count). The first-order chi connectivity index (χ1) is 22.1. The highest BCUT2D eigenvalue weighted by atomic mass is 32.2. The molecule has 4 aromatic carbocycles. The molecule has 0 aliphatic rings. The standard InChI is InChI=1S/C36H41N3O6S/c1-27(2)24-37-36(41)32(22-28-14-8-5-9-15-28)38(25-29-16-10-6-11-17-29)35(40)26-39(30-18-12-7-13-19-30)46(42,43)31-20-21-33(44-3)34(23-31)45-4/h5-21,23,27,32H,22,24-26H2,1-4H3,(H,37,41)/t32-/m0/s1. The van der Waals surface area contributed by atoms with Gasteiger partial charge in [-0.15, -0.1) is 0 Å². The highest BCUT2D eigenvalue weighted by molar-refractivity contribution is 7.92. The molecule has 0 aromatic heterocycles. The Labute approximate surface area is 271 Å². The monoisotopic (exact) mass is 643 g/mol. The van der Waals surface area contributed by atoms with E-state index in [1.165, 1.54) is 37.3 Å². The fraction of sp³-hybridized carbons (Fsp3) is 0.278. The fourth-order valence-electron chi connectivity index (χ4n) is 4.98. The number of methoxy groups -OCH3 is 2. The molecule has 10 heteroatoms. The van der Waals surface area contributed by atoms with Gasteiger partial charge in [-0.3, -0.25) is 13.9 Å². The summed E-state index contributed by atoms with van der Waals surface area (Å²) in [5.74, 6) is -0.0413. The first-order valence-corrected chi connectivity index (χ1v) is 16.5. The molecule has 0 spiro atoms. The summed E-state index contributed by atoms with van der Waals surface area (Å²) in [5, 5.41) is 3.00. The minimum atomic E-state index is -4.29. The van der Waals surface area contributed by atoms with Crippen LogP contribution < -0.4 is 19.1 Å². The number of amides is 2. The fourth-order valence-corrected chi connectivity index (χ4v) is 6.41. The van der Waals surface area contributed by atoms with E-state index >= 15 is 0 Å². The van der Waals surface area contributed by atoms with E-state index in [-0.39, 0.29) is 35.4 Å². The molecule has 0 saturated heterocycles. The largest absolute Gasteiger partial charge is 0.493 e. The molecule has 0 radical (unpaired) electrons. The zero-order valence-corrected chi connectivity index (χ0v) is 27.4. The predicted octanol–water partition coefficient (Wildman–Crippen LogP) is 5.31. The van der Waals surface area contributed by atoms with Crippen LogP contribution in [-0.4, -0.2) is 58.5 Å². The summed E-state index contributed by atoms with van der Waals surface area (Å²) in [6.45, 7) is 3.98. The summed E-state index contributed by atoms with van der Waals surface area (Å²) >= 11 is 0. The number of hydrogen-bond donors (Lipinski definition) is 1. The maximum absolute atomic E-state index is 14.5. The second-order valence-electron chi connectivity index (χ2n) is 11.2. The Morgan fingerprint density at radius 3 is 1.89 bits per heavy atom. The van der Waals surface area contributed by atoms with Crippen LogP contribution in [0.5, 0.6) is 11.5 Å². The molecule has 0 aliphatic heterocycles. The third-order valence-electron chi connectivity index (χ3n) is 7.42. The van der Waals surface area contributed by atoms with Gasteiger partial charge in [0.1, 0.15) is 12.6 Å². The van der Waals surface area contributed by atoms with E-state index in [4.69, 9.17) is 9.47 Å². The number of carbonyl (C=O) groups is 2. The molecule has 0 saturated carbocycles. The van der Waals surface area contributed by atoms with Crippen molar-refractivity contribution in [2.24, 2.45) is 5.92 Å². The van der Waals surface area contributed by atoms with Gasteiger partial charge in [-0.1, -0.05) is 92.7 Å². The van der Waals surface area contributed by atoms with Crippen LogP contribution in [0.4, 0.5) is 5.69 Å². The minimum absolute atomic E-state index is 0.0769. The molecule has 4 aromatic rings. The van der Waals surface area contributed by atoms with Gasteiger partial charge in [0.15, 0.2) is 11.5 Å². The number of ether oxygens (including phenoxy) is 2. The SMILES string of the molecule is COc1ccc(S(=O)(=O)N(CC(=O)N(Cc2ccccc2)[C@@H](Cc2ccccc2)C(=O)NCC(C)C)c2ccccc2)cc1OC. The van der Waals surface area contributed by atoms with Crippen molar-refractivity contribution in [2.45, 2.75) is 37.8 Å². The van der Waals surface area contributed by atoms with Crippen LogP contribution in [0.15, 0.2) is 114 Å². The van der Waals surface area contributed by atoms with Crippen LogP contribution >= 0.6 is 0 Å². The lowest BCUT2D eigenvalue weighted by molar-refractivity contribution is -0.140. The van der Waals surface area contributed by atoms with Crippen molar-refractivity contribution < 1.29 is 27.5 Å². The van der Waals surface area contributed by atoms with Gasteiger partial charge in [0.05, 0.1) is 24.8 Å². The molecular formula is C36H41N3O6S. The molecule has 46 heavy (non-hydrogen) atoms. The van der Waals surface area contributed by atoms with E-state index in [9.17, 15) is 18.0 Å². The Bertz CT molecular complexity index is 1680. The summed E-state index contributed by atoms with van der Waals surface area (Å²) in [4.78, 5) is 29.7. The molecule has 0 heterocycles. The van der Waals surface area contributed by atoms with Crippen LogP contribution in [0.3, 0.4) is 0 Å². The smallest absolute Gasteiger partial charge is 0.264 e. The lowest BCUT2D eigenvalue weighted by Gasteiger charge is -2.34. The molecule has 2 amide bonds. The first-order valence-electron chi connectivity index (χ1n) is 15.1.